The Labute approximate surface area is 140 Å². The molecule has 1 heterocycles. The van der Waals surface area contributed by atoms with E-state index in [0.29, 0.717) is 13.0 Å². The fourth-order valence-corrected chi connectivity index (χ4v) is 3.20. The van der Waals surface area contributed by atoms with Gasteiger partial charge in [0.05, 0.1) is 24.9 Å². The van der Waals surface area contributed by atoms with Crippen LogP contribution in [-0.4, -0.2) is 48.5 Å². The molecule has 1 aromatic rings. The quantitative estimate of drug-likeness (QED) is 0.836. The number of aryl methyl sites for hydroxylation is 1. The van der Waals surface area contributed by atoms with Gasteiger partial charge in [-0.25, -0.2) is 0 Å². The molecule has 4 nitrogen and oxygen atoms in total. The summed E-state index contributed by atoms with van der Waals surface area (Å²) in [4.78, 5) is 2.38. The molecule has 0 bridgehead atoms. The van der Waals surface area contributed by atoms with Gasteiger partial charge < -0.3 is 14.6 Å². The van der Waals surface area contributed by atoms with Crippen LogP contribution in [0.25, 0.3) is 0 Å². The third-order valence-corrected chi connectivity index (χ3v) is 4.20. The predicted molar refractivity (Wildman–Crippen MR) is 93.0 cm³/mol. The fraction of sp³-hybridized carbons (Fsp3) is 0.684. The van der Waals surface area contributed by atoms with Crippen LogP contribution in [0.5, 0.6) is 5.75 Å². The van der Waals surface area contributed by atoms with E-state index in [1.54, 1.807) is 0 Å². The van der Waals surface area contributed by atoms with Crippen LogP contribution in [0.3, 0.4) is 0 Å². The van der Waals surface area contributed by atoms with E-state index in [0.717, 1.165) is 42.9 Å². The number of morpholine rings is 1. The Morgan fingerprint density at radius 2 is 2.00 bits per heavy atom. The zero-order chi connectivity index (χ0) is 16.8. The lowest BCUT2D eigenvalue weighted by atomic mass is 10.0. The normalized spacial score (nSPS) is 23.7. The summed E-state index contributed by atoms with van der Waals surface area (Å²) in [5, 5.41) is 10.6. The molecule has 0 amide bonds. The Balaban J connectivity index is 1.96. The van der Waals surface area contributed by atoms with E-state index in [1.165, 1.54) is 0 Å². The van der Waals surface area contributed by atoms with Crippen LogP contribution in [-0.2, 0) is 4.74 Å². The maximum atomic E-state index is 10.6. The van der Waals surface area contributed by atoms with E-state index in [4.69, 9.17) is 9.47 Å². The molecule has 1 fully saturated rings. The molecule has 130 valence electrons. The first-order valence-electron chi connectivity index (χ1n) is 8.78. The summed E-state index contributed by atoms with van der Waals surface area (Å²) in [6, 6.07) is 6.05. The van der Waals surface area contributed by atoms with Gasteiger partial charge in [-0.1, -0.05) is 18.6 Å². The summed E-state index contributed by atoms with van der Waals surface area (Å²) in [6.45, 7) is 11.8. The highest BCUT2D eigenvalue weighted by Gasteiger charge is 2.23. The summed E-state index contributed by atoms with van der Waals surface area (Å²) >= 11 is 0. The number of aliphatic hydroxyl groups excluding tert-OH is 1. The monoisotopic (exact) mass is 321 g/mol. The molecule has 3 unspecified atom stereocenters. The largest absolute Gasteiger partial charge is 0.493 e. The van der Waals surface area contributed by atoms with Crippen molar-refractivity contribution in [3.8, 4) is 5.75 Å². The van der Waals surface area contributed by atoms with Gasteiger partial charge >= 0.3 is 0 Å². The molecule has 1 aliphatic heterocycles. The Kier molecular flexibility index (Phi) is 6.88. The topological polar surface area (TPSA) is 41.9 Å². The zero-order valence-electron chi connectivity index (χ0n) is 14.9. The molecule has 1 aromatic carbocycles. The van der Waals surface area contributed by atoms with Crippen molar-refractivity contribution >= 4 is 0 Å². The van der Waals surface area contributed by atoms with Crippen LogP contribution in [0.15, 0.2) is 18.2 Å². The molecule has 0 spiro atoms. The minimum Gasteiger partial charge on any atom is -0.493 e. The molecule has 1 aliphatic rings. The molecular weight excluding hydrogens is 290 g/mol. The smallest absolute Gasteiger partial charge is 0.125 e. The number of aliphatic hydroxyl groups is 1. The molecule has 1 saturated heterocycles. The van der Waals surface area contributed by atoms with Crippen molar-refractivity contribution in [2.75, 3.05) is 26.2 Å². The molecule has 0 aromatic heterocycles. The maximum absolute atomic E-state index is 10.6. The first-order chi connectivity index (χ1) is 11.0. The van der Waals surface area contributed by atoms with Crippen LogP contribution in [0.1, 0.15) is 50.8 Å². The van der Waals surface area contributed by atoms with E-state index in [1.807, 2.05) is 25.1 Å². The average molecular weight is 321 g/mol. The lowest BCUT2D eigenvalue weighted by Crippen LogP contribution is -2.45. The van der Waals surface area contributed by atoms with Gasteiger partial charge in [0.1, 0.15) is 5.75 Å². The second kappa shape index (κ2) is 8.67. The van der Waals surface area contributed by atoms with Crippen molar-refractivity contribution in [3.63, 3.8) is 0 Å². The lowest BCUT2D eigenvalue weighted by molar-refractivity contribution is -0.0703. The Morgan fingerprint density at radius 3 is 2.65 bits per heavy atom. The van der Waals surface area contributed by atoms with E-state index in [2.05, 4.69) is 25.7 Å². The van der Waals surface area contributed by atoms with Crippen molar-refractivity contribution in [1.29, 1.82) is 0 Å². The summed E-state index contributed by atoms with van der Waals surface area (Å²) in [5.41, 5.74) is 2.06. The van der Waals surface area contributed by atoms with Gasteiger partial charge in [-0.15, -0.1) is 0 Å². The van der Waals surface area contributed by atoms with Gasteiger partial charge in [0.2, 0.25) is 0 Å². The van der Waals surface area contributed by atoms with Gasteiger partial charge in [-0.3, -0.25) is 4.90 Å². The van der Waals surface area contributed by atoms with E-state index in [-0.39, 0.29) is 12.2 Å². The van der Waals surface area contributed by atoms with Gasteiger partial charge in [0.25, 0.3) is 0 Å². The number of hydrogen-bond acceptors (Lipinski definition) is 4. The first kappa shape index (κ1) is 18.2. The highest BCUT2D eigenvalue weighted by molar-refractivity contribution is 5.38. The number of nitrogens with zero attached hydrogens (tertiary/aromatic N) is 1. The number of hydrogen-bond donors (Lipinski definition) is 1. The molecule has 0 radical (unpaired) electrons. The van der Waals surface area contributed by atoms with Crippen molar-refractivity contribution in [2.45, 2.75) is 58.8 Å². The first-order valence-corrected chi connectivity index (χ1v) is 8.78. The summed E-state index contributed by atoms with van der Waals surface area (Å²) < 4.78 is 11.6. The zero-order valence-corrected chi connectivity index (χ0v) is 14.9. The molecular formula is C19H31NO3. The fourth-order valence-electron chi connectivity index (χ4n) is 3.20. The molecule has 2 rings (SSSR count). The SMILES string of the molecule is CCCOc1ccc(C)cc1C(O)CCN1CC(C)OC(C)C1. The third kappa shape index (κ3) is 5.48. The predicted octanol–water partition coefficient (Wildman–Crippen LogP) is 3.32. The lowest BCUT2D eigenvalue weighted by Gasteiger charge is -2.35. The number of benzene rings is 1. The number of ether oxygens (including phenoxy) is 2. The molecule has 23 heavy (non-hydrogen) atoms. The Hall–Kier alpha value is -1.10. The second-order valence-electron chi connectivity index (χ2n) is 6.71. The second-order valence-corrected chi connectivity index (χ2v) is 6.71. The van der Waals surface area contributed by atoms with Crippen LogP contribution in [0.4, 0.5) is 0 Å². The summed E-state index contributed by atoms with van der Waals surface area (Å²) in [7, 11) is 0. The summed E-state index contributed by atoms with van der Waals surface area (Å²) in [6.07, 6.45) is 1.71. The summed E-state index contributed by atoms with van der Waals surface area (Å²) in [5.74, 6) is 0.814. The van der Waals surface area contributed by atoms with Gasteiger partial charge in [0, 0.05) is 25.2 Å². The molecule has 0 aliphatic carbocycles. The van der Waals surface area contributed by atoms with Crippen LogP contribution >= 0.6 is 0 Å². The van der Waals surface area contributed by atoms with Crippen molar-refractivity contribution in [2.24, 2.45) is 0 Å². The van der Waals surface area contributed by atoms with Crippen molar-refractivity contribution < 1.29 is 14.6 Å². The third-order valence-electron chi connectivity index (χ3n) is 4.20. The minimum absolute atomic E-state index is 0.262. The Morgan fingerprint density at radius 1 is 1.30 bits per heavy atom. The van der Waals surface area contributed by atoms with Gasteiger partial charge in [-0.2, -0.15) is 0 Å². The van der Waals surface area contributed by atoms with Gasteiger partial charge in [0.15, 0.2) is 0 Å². The van der Waals surface area contributed by atoms with E-state index in [9.17, 15) is 5.11 Å². The van der Waals surface area contributed by atoms with Crippen LogP contribution < -0.4 is 4.74 Å². The van der Waals surface area contributed by atoms with Gasteiger partial charge in [-0.05, 0) is 45.7 Å². The molecule has 1 N–H and O–H groups in total. The Bertz CT molecular complexity index is 482. The van der Waals surface area contributed by atoms with Crippen LogP contribution in [0.2, 0.25) is 0 Å². The van der Waals surface area contributed by atoms with Crippen molar-refractivity contribution in [1.82, 2.24) is 4.90 Å². The average Bonchev–Trinajstić information content (AvgIpc) is 2.50. The minimum atomic E-state index is -0.491. The maximum Gasteiger partial charge on any atom is 0.125 e. The van der Waals surface area contributed by atoms with Crippen LogP contribution in [0, 0.1) is 6.92 Å². The molecule has 0 saturated carbocycles. The van der Waals surface area contributed by atoms with Crippen molar-refractivity contribution in [3.05, 3.63) is 29.3 Å². The molecule has 4 heteroatoms. The van der Waals surface area contributed by atoms with E-state index < -0.39 is 6.10 Å². The molecule has 3 atom stereocenters. The number of rotatable bonds is 7. The standard InChI is InChI=1S/C19H31NO3/c1-5-10-22-19-7-6-14(2)11-17(19)18(21)8-9-20-12-15(3)23-16(4)13-20/h6-7,11,15-16,18,21H,5,8-10,12-13H2,1-4H3. The van der Waals surface area contributed by atoms with E-state index >= 15 is 0 Å². The highest BCUT2D eigenvalue weighted by Crippen LogP contribution is 2.29. The highest BCUT2D eigenvalue weighted by atomic mass is 16.5.